The summed E-state index contributed by atoms with van der Waals surface area (Å²) in [7, 11) is 5.89. The highest BCUT2D eigenvalue weighted by Gasteiger charge is 2.27. The largest absolute Gasteiger partial charge is 0.396 e. The summed E-state index contributed by atoms with van der Waals surface area (Å²) in [5.41, 5.74) is 1.09. The summed E-state index contributed by atoms with van der Waals surface area (Å²) in [4.78, 5) is 16.5. The molecule has 2 amide bonds. The number of aliphatic hydroxyl groups is 1. The molecule has 0 aromatic carbocycles. The molecule has 1 aliphatic rings. The number of hydrogen-bond donors (Lipinski definition) is 2. The van der Waals surface area contributed by atoms with Crippen molar-refractivity contribution in [1.82, 2.24) is 24.9 Å². The third kappa shape index (κ3) is 4.68. The molecule has 7 nitrogen and oxygen atoms in total. The molecule has 2 N–H and O–H groups in total. The fourth-order valence-corrected chi connectivity index (χ4v) is 3.21. The van der Waals surface area contributed by atoms with Crippen molar-refractivity contribution in [2.45, 2.75) is 37.8 Å². The van der Waals surface area contributed by atoms with Gasteiger partial charge < -0.3 is 20.2 Å². The van der Waals surface area contributed by atoms with Gasteiger partial charge in [-0.15, -0.1) is 0 Å². The molecular weight excluding hydrogens is 294 g/mol. The first-order valence-corrected chi connectivity index (χ1v) is 8.33. The quantitative estimate of drug-likeness (QED) is 0.818. The number of urea groups is 1. The molecular formula is C16H29N5O2. The van der Waals surface area contributed by atoms with Crippen LogP contribution in [-0.2, 0) is 7.05 Å². The lowest BCUT2D eigenvalue weighted by Crippen LogP contribution is -2.50. The fourth-order valence-electron chi connectivity index (χ4n) is 3.21. The van der Waals surface area contributed by atoms with Gasteiger partial charge in [0.2, 0.25) is 0 Å². The number of hydrogen-bond acceptors (Lipinski definition) is 4. The number of piperidine rings is 1. The van der Waals surface area contributed by atoms with E-state index >= 15 is 0 Å². The maximum Gasteiger partial charge on any atom is 0.317 e. The Morgan fingerprint density at radius 2 is 2.30 bits per heavy atom. The Morgan fingerprint density at radius 1 is 1.52 bits per heavy atom. The Morgan fingerprint density at radius 3 is 2.91 bits per heavy atom. The van der Waals surface area contributed by atoms with Crippen LogP contribution in [0.4, 0.5) is 4.79 Å². The Bertz CT molecular complexity index is 500. The van der Waals surface area contributed by atoms with Crippen LogP contribution < -0.4 is 5.32 Å². The number of carbonyl (C=O) groups is 1. The standard InChI is InChI=1S/C16H29N5O2/c1-19(2)15(13-10-18-20(3)12-13)11-17-16(23)21-8-5-4-6-14(21)7-9-22/h10,12,14-15,22H,4-9,11H2,1-3H3,(H,17,23). The Hall–Kier alpha value is -1.60. The van der Waals surface area contributed by atoms with Gasteiger partial charge in [-0.2, -0.15) is 5.10 Å². The highest BCUT2D eigenvalue weighted by atomic mass is 16.3. The minimum atomic E-state index is -0.0288. The van der Waals surface area contributed by atoms with Crippen molar-refractivity contribution in [3.8, 4) is 0 Å². The lowest BCUT2D eigenvalue weighted by molar-refractivity contribution is 0.130. The second-order valence-corrected chi connectivity index (χ2v) is 6.47. The van der Waals surface area contributed by atoms with Crippen LogP contribution in [0.3, 0.4) is 0 Å². The average Bonchev–Trinajstić information content (AvgIpc) is 2.94. The van der Waals surface area contributed by atoms with E-state index in [1.165, 1.54) is 0 Å². The molecule has 0 radical (unpaired) electrons. The lowest BCUT2D eigenvalue weighted by atomic mass is 10.00. The topological polar surface area (TPSA) is 73.6 Å². The number of likely N-dealkylation sites (N-methyl/N-ethyl adjacent to an activating group) is 1. The van der Waals surface area contributed by atoms with Crippen LogP contribution in [0, 0.1) is 0 Å². The molecule has 1 aromatic rings. The Labute approximate surface area is 138 Å². The summed E-state index contributed by atoms with van der Waals surface area (Å²) in [6, 6.07) is 0.220. The third-order valence-corrected chi connectivity index (χ3v) is 4.53. The van der Waals surface area contributed by atoms with Gasteiger partial charge in [0.1, 0.15) is 0 Å². The van der Waals surface area contributed by atoms with Crippen LogP contribution in [-0.4, -0.2) is 70.6 Å². The number of amides is 2. The molecule has 2 rings (SSSR count). The highest BCUT2D eigenvalue weighted by molar-refractivity contribution is 5.74. The molecule has 7 heteroatoms. The third-order valence-electron chi connectivity index (χ3n) is 4.53. The first kappa shape index (κ1) is 17.7. The number of nitrogens with one attached hydrogen (secondary N) is 1. The van der Waals surface area contributed by atoms with E-state index in [4.69, 9.17) is 0 Å². The Kier molecular flexibility index (Phi) is 6.41. The van der Waals surface area contributed by atoms with E-state index in [0.29, 0.717) is 13.0 Å². The van der Waals surface area contributed by atoms with Crippen LogP contribution in [0.5, 0.6) is 0 Å². The molecule has 0 aliphatic carbocycles. The maximum absolute atomic E-state index is 12.5. The van der Waals surface area contributed by atoms with Gasteiger partial charge in [0.15, 0.2) is 0 Å². The molecule has 0 saturated carbocycles. The van der Waals surface area contributed by atoms with E-state index in [1.807, 2.05) is 38.4 Å². The van der Waals surface area contributed by atoms with Crippen LogP contribution in [0.25, 0.3) is 0 Å². The molecule has 0 bridgehead atoms. The summed E-state index contributed by atoms with van der Waals surface area (Å²) in [6.07, 6.45) is 7.62. The van der Waals surface area contributed by atoms with Gasteiger partial charge in [0.25, 0.3) is 0 Å². The van der Waals surface area contributed by atoms with Gasteiger partial charge in [-0.05, 0) is 39.8 Å². The van der Waals surface area contributed by atoms with Crippen molar-refractivity contribution in [2.75, 3.05) is 33.8 Å². The zero-order chi connectivity index (χ0) is 16.8. The number of aryl methyl sites for hydroxylation is 1. The van der Waals surface area contributed by atoms with E-state index in [-0.39, 0.29) is 24.7 Å². The van der Waals surface area contributed by atoms with Crippen LogP contribution in [0.15, 0.2) is 12.4 Å². The first-order valence-electron chi connectivity index (χ1n) is 8.33. The molecule has 130 valence electrons. The number of nitrogens with zero attached hydrogens (tertiary/aromatic N) is 4. The van der Waals surface area contributed by atoms with Crippen molar-refractivity contribution in [2.24, 2.45) is 7.05 Å². The van der Waals surface area contributed by atoms with Crippen molar-refractivity contribution in [3.05, 3.63) is 18.0 Å². The lowest BCUT2D eigenvalue weighted by Gasteiger charge is -2.36. The first-order chi connectivity index (χ1) is 11.0. The van der Waals surface area contributed by atoms with Gasteiger partial charge in [0, 0.05) is 44.5 Å². The van der Waals surface area contributed by atoms with Crippen molar-refractivity contribution in [1.29, 1.82) is 0 Å². The van der Waals surface area contributed by atoms with E-state index in [2.05, 4.69) is 15.3 Å². The SMILES string of the molecule is CN(C)C(CNC(=O)N1CCCCC1CCO)c1cnn(C)c1. The summed E-state index contributed by atoms with van der Waals surface area (Å²) in [5, 5.41) is 16.5. The number of aromatic nitrogens is 2. The number of aliphatic hydroxyl groups excluding tert-OH is 1. The smallest absolute Gasteiger partial charge is 0.317 e. The fraction of sp³-hybridized carbons (Fsp3) is 0.750. The molecule has 23 heavy (non-hydrogen) atoms. The van der Waals surface area contributed by atoms with Gasteiger partial charge in [0.05, 0.1) is 12.2 Å². The zero-order valence-electron chi connectivity index (χ0n) is 14.4. The molecule has 2 atom stereocenters. The van der Waals surface area contributed by atoms with Crippen molar-refractivity contribution < 1.29 is 9.90 Å². The van der Waals surface area contributed by atoms with E-state index in [9.17, 15) is 9.90 Å². The predicted octanol–water partition coefficient (Wildman–Crippen LogP) is 0.969. The molecule has 1 fully saturated rings. The Balaban J connectivity index is 1.95. The minimum absolute atomic E-state index is 0.0288. The molecule has 1 aliphatic heterocycles. The zero-order valence-corrected chi connectivity index (χ0v) is 14.4. The maximum atomic E-state index is 12.5. The predicted molar refractivity (Wildman–Crippen MR) is 89.1 cm³/mol. The van der Waals surface area contributed by atoms with E-state index in [0.717, 1.165) is 31.4 Å². The number of carbonyl (C=O) groups excluding carboxylic acids is 1. The minimum Gasteiger partial charge on any atom is -0.396 e. The summed E-state index contributed by atoms with van der Waals surface area (Å²) >= 11 is 0. The number of rotatable bonds is 6. The number of likely N-dealkylation sites (tertiary alicyclic amines) is 1. The van der Waals surface area contributed by atoms with Gasteiger partial charge in [-0.3, -0.25) is 4.68 Å². The monoisotopic (exact) mass is 323 g/mol. The van der Waals surface area contributed by atoms with Crippen LogP contribution in [0.2, 0.25) is 0 Å². The van der Waals surface area contributed by atoms with Crippen LogP contribution >= 0.6 is 0 Å². The van der Waals surface area contributed by atoms with Gasteiger partial charge in [-0.1, -0.05) is 0 Å². The van der Waals surface area contributed by atoms with E-state index < -0.39 is 0 Å². The van der Waals surface area contributed by atoms with Gasteiger partial charge in [-0.25, -0.2) is 4.79 Å². The molecule has 2 heterocycles. The molecule has 1 saturated heterocycles. The second kappa shape index (κ2) is 8.31. The van der Waals surface area contributed by atoms with Crippen LogP contribution in [0.1, 0.15) is 37.3 Å². The highest BCUT2D eigenvalue weighted by Crippen LogP contribution is 2.20. The molecule has 0 spiro atoms. The average molecular weight is 323 g/mol. The summed E-state index contributed by atoms with van der Waals surface area (Å²) in [6.45, 7) is 1.44. The summed E-state index contributed by atoms with van der Waals surface area (Å²) in [5.74, 6) is 0. The molecule has 1 aromatic heterocycles. The van der Waals surface area contributed by atoms with Crippen molar-refractivity contribution >= 4 is 6.03 Å². The van der Waals surface area contributed by atoms with Gasteiger partial charge >= 0.3 is 6.03 Å². The second-order valence-electron chi connectivity index (χ2n) is 6.47. The molecule has 2 unspecified atom stereocenters. The van der Waals surface area contributed by atoms with Crippen molar-refractivity contribution in [3.63, 3.8) is 0 Å². The van der Waals surface area contributed by atoms with E-state index in [1.54, 1.807) is 4.68 Å². The normalized spacial score (nSPS) is 19.9. The summed E-state index contributed by atoms with van der Waals surface area (Å²) < 4.78 is 1.77.